The molecule has 1 aromatic rings. The van der Waals surface area contributed by atoms with Crippen LogP contribution < -0.4 is 11.5 Å². The third-order valence-electron chi connectivity index (χ3n) is 2.33. The van der Waals surface area contributed by atoms with Gasteiger partial charge in [0.2, 0.25) is 0 Å². The second-order valence-corrected chi connectivity index (χ2v) is 3.36. The van der Waals surface area contributed by atoms with Crippen molar-refractivity contribution in [2.75, 3.05) is 6.54 Å². The van der Waals surface area contributed by atoms with Gasteiger partial charge in [0.05, 0.1) is 0 Å². The monoisotopic (exact) mass is 179 g/mol. The molecular formula is C10H17N3. The first kappa shape index (κ1) is 10.2. The predicted octanol–water partition coefficient (Wildman–Crippen LogP) is 1.07. The molecule has 0 aliphatic carbocycles. The Bertz CT molecular complexity index is 235. The second-order valence-electron chi connectivity index (χ2n) is 3.36. The number of hydrogen-bond acceptors (Lipinski definition) is 3. The summed E-state index contributed by atoms with van der Waals surface area (Å²) in [6, 6.07) is 3.99. The van der Waals surface area contributed by atoms with Crippen molar-refractivity contribution in [2.24, 2.45) is 17.4 Å². The van der Waals surface area contributed by atoms with Crippen molar-refractivity contribution in [3.8, 4) is 0 Å². The lowest BCUT2D eigenvalue weighted by molar-refractivity contribution is 0.444. The van der Waals surface area contributed by atoms with E-state index < -0.39 is 0 Å². The van der Waals surface area contributed by atoms with Gasteiger partial charge in [-0.15, -0.1) is 0 Å². The van der Waals surface area contributed by atoms with Crippen LogP contribution >= 0.6 is 0 Å². The molecule has 0 aliphatic heterocycles. The number of pyridine rings is 1. The molecule has 0 amide bonds. The van der Waals surface area contributed by atoms with Crippen molar-refractivity contribution in [3.05, 3.63) is 30.1 Å². The van der Waals surface area contributed by atoms with E-state index in [-0.39, 0.29) is 6.04 Å². The van der Waals surface area contributed by atoms with E-state index in [1.54, 1.807) is 12.4 Å². The van der Waals surface area contributed by atoms with Crippen molar-refractivity contribution in [1.82, 2.24) is 4.98 Å². The molecule has 0 aliphatic rings. The lowest BCUT2D eigenvalue weighted by atomic mass is 9.93. The van der Waals surface area contributed by atoms with Gasteiger partial charge in [-0.3, -0.25) is 4.98 Å². The van der Waals surface area contributed by atoms with Gasteiger partial charge in [-0.2, -0.15) is 0 Å². The summed E-state index contributed by atoms with van der Waals surface area (Å²) in [5.41, 5.74) is 12.7. The highest BCUT2D eigenvalue weighted by Gasteiger charge is 2.13. The lowest BCUT2D eigenvalue weighted by Crippen LogP contribution is -2.21. The highest BCUT2D eigenvalue weighted by Crippen LogP contribution is 2.20. The summed E-state index contributed by atoms with van der Waals surface area (Å²) in [6.07, 6.45) is 4.50. The number of aromatic nitrogens is 1. The molecule has 13 heavy (non-hydrogen) atoms. The summed E-state index contributed by atoms with van der Waals surface area (Å²) < 4.78 is 0. The molecule has 1 heterocycles. The second kappa shape index (κ2) is 4.94. The Balaban J connectivity index is 2.62. The Morgan fingerprint density at radius 3 is 2.54 bits per heavy atom. The molecule has 0 fully saturated rings. The van der Waals surface area contributed by atoms with E-state index in [0.29, 0.717) is 12.5 Å². The van der Waals surface area contributed by atoms with Crippen molar-refractivity contribution in [1.29, 1.82) is 0 Å². The van der Waals surface area contributed by atoms with Crippen LogP contribution in [-0.2, 0) is 0 Å². The molecule has 0 saturated heterocycles. The number of nitrogens with two attached hydrogens (primary N) is 2. The van der Waals surface area contributed by atoms with E-state index >= 15 is 0 Å². The lowest BCUT2D eigenvalue weighted by Gasteiger charge is -2.19. The molecule has 0 bridgehead atoms. The van der Waals surface area contributed by atoms with Gasteiger partial charge in [-0.05, 0) is 36.6 Å². The SMILES string of the molecule is CC(CCN)C(N)c1ccncc1. The van der Waals surface area contributed by atoms with Gasteiger partial charge in [0.15, 0.2) is 0 Å². The van der Waals surface area contributed by atoms with Crippen molar-refractivity contribution in [3.63, 3.8) is 0 Å². The normalized spacial score (nSPS) is 15.3. The molecule has 1 rings (SSSR count). The fourth-order valence-electron chi connectivity index (χ4n) is 1.36. The van der Waals surface area contributed by atoms with Crippen LogP contribution in [0.3, 0.4) is 0 Å². The Hall–Kier alpha value is -0.930. The van der Waals surface area contributed by atoms with Crippen LogP contribution in [0.15, 0.2) is 24.5 Å². The minimum absolute atomic E-state index is 0.0755. The van der Waals surface area contributed by atoms with Crippen molar-refractivity contribution >= 4 is 0 Å². The molecule has 0 saturated carbocycles. The average Bonchev–Trinajstić information content (AvgIpc) is 2.18. The van der Waals surface area contributed by atoms with Crippen LogP contribution in [0.5, 0.6) is 0 Å². The molecule has 2 unspecified atom stereocenters. The van der Waals surface area contributed by atoms with E-state index in [1.165, 1.54) is 0 Å². The average molecular weight is 179 g/mol. The van der Waals surface area contributed by atoms with Crippen molar-refractivity contribution < 1.29 is 0 Å². The Labute approximate surface area is 79.2 Å². The molecule has 1 aromatic heterocycles. The Morgan fingerprint density at radius 1 is 1.38 bits per heavy atom. The molecular weight excluding hydrogens is 162 g/mol. The van der Waals surface area contributed by atoms with Crippen LogP contribution in [0, 0.1) is 5.92 Å². The molecule has 3 heteroatoms. The summed E-state index contributed by atoms with van der Waals surface area (Å²) in [4.78, 5) is 3.95. The molecule has 72 valence electrons. The molecule has 0 spiro atoms. The van der Waals surface area contributed by atoms with Crippen LogP contribution in [0.4, 0.5) is 0 Å². The maximum absolute atomic E-state index is 6.04. The van der Waals surface area contributed by atoms with Gasteiger partial charge in [0.1, 0.15) is 0 Å². The quantitative estimate of drug-likeness (QED) is 0.726. The van der Waals surface area contributed by atoms with E-state index in [1.807, 2.05) is 12.1 Å². The Morgan fingerprint density at radius 2 is 2.00 bits per heavy atom. The fourth-order valence-corrected chi connectivity index (χ4v) is 1.36. The summed E-state index contributed by atoms with van der Waals surface area (Å²) >= 11 is 0. The molecule has 3 nitrogen and oxygen atoms in total. The summed E-state index contributed by atoms with van der Waals surface area (Å²) in [5.74, 6) is 0.424. The number of rotatable bonds is 4. The van der Waals surface area contributed by atoms with Gasteiger partial charge in [-0.1, -0.05) is 6.92 Å². The molecule has 2 atom stereocenters. The highest BCUT2D eigenvalue weighted by atomic mass is 14.7. The minimum Gasteiger partial charge on any atom is -0.330 e. The van der Waals surface area contributed by atoms with Gasteiger partial charge >= 0.3 is 0 Å². The van der Waals surface area contributed by atoms with Crippen LogP contribution in [0.1, 0.15) is 24.9 Å². The smallest absolute Gasteiger partial charge is 0.0322 e. The highest BCUT2D eigenvalue weighted by molar-refractivity contribution is 5.14. The maximum atomic E-state index is 6.04. The zero-order valence-electron chi connectivity index (χ0n) is 7.98. The summed E-state index contributed by atoms with van der Waals surface area (Å²) in [7, 11) is 0. The standard InChI is InChI=1S/C10H17N3/c1-8(2-5-11)10(12)9-3-6-13-7-4-9/h3-4,6-8,10H,2,5,11-12H2,1H3. The van der Waals surface area contributed by atoms with E-state index in [4.69, 9.17) is 11.5 Å². The first-order valence-corrected chi connectivity index (χ1v) is 4.61. The maximum Gasteiger partial charge on any atom is 0.0322 e. The molecule has 4 N–H and O–H groups in total. The fraction of sp³-hybridized carbons (Fsp3) is 0.500. The number of hydrogen-bond donors (Lipinski definition) is 2. The van der Waals surface area contributed by atoms with E-state index in [0.717, 1.165) is 12.0 Å². The molecule has 0 aromatic carbocycles. The summed E-state index contributed by atoms with van der Waals surface area (Å²) in [6.45, 7) is 2.82. The third kappa shape index (κ3) is 2.79. The van der Waals surface area contributed by atoms with E-state index in [9.17, 15) is 0 Å². The molecule has 0 radical (unpaired) electrons. The topological polar surface area (TPSA) is 64.9 Å². The first-order chi connectivity index (χ1) is 6.25. The third-order valence-corrected chi connectivity index (χ3v) is 2.33. The van der Waals surface area contributed by atoms with Gasteiger partial charge in [0, 0.05) is 18.4 Å². The van der Waals surface area contributed by atoms with Crippen LogP contribution in [0.2, 0.25) is 0 Å². The van der Waals surface area contributed by atoms with Crippen molar-refractivity contribution in [2.45, 2.75) is 19.4 Å². The van der Waals surface area contributed by atoms with Gasteiger partial charge in [0.25, 0.3) is 0 Å². The van der Waals surface area contributed by atoms with Gasteiger partial charge in [-0.25, -0.2) is 0 Å². The van der Waals surface area contributed by atoms with Crippen LogP contribution in [0.25, 0.3) is 0 Å². The van der Waals surface area contributed by atoms with Gasteiger partial charge < -0.3 is 11.5 Å². The minimum atomic E-state index is 0.0755. The zero-order valence-corrected chi connectivity index (χ0v) is 7.98. The van der Waals surface area contributed by atoms with Crippen LogP contribution in [-0.4, -0.2) is 11.5 Å². The largest absolute Gasteiger partial charge is 0.330 e. The van der Waals surface area contributed by atoms with E-state index in [2.05, 4.69) is 11.9 Å². The predicted molar refractivity (Wildman–Crippen MR) is 54.0 cm³/mol. The number of nitrogens with zero attached hydrogens (tertiary/aromatic N) is 1. The first-order valence-electron chi connectivity index (χ1n) is 4.61. The Kier molecular flexibility index (Phi) is 3.86. The summed E-state index contributed by atoms with van der Waals surface area (Å²) in [5, 5.41) is 0. The zero-order chi connectivity index (χ0) is 9.68.